The van der Waals surface area contributed by atoms with Crippen LogP contribution in [0, 0.1) is 6.92 Å². The summed E-state index contributed by atoms with van der Waals surface area (Å²) in [5, 5.41) is 2.85. The van der Waals surface area contributed by atoms with Gasteiger partial charge in [0, 0.05) is 6.54 Å². The predicted octanol–water partition coefficient (Wildman–Crippen LogP) is 3.30. The van der Waals surface area contributed by atoms with Crippen LogP contribution in [0.4, 0.5) is 0 Å². The van der Waals surface area contributed by atoms with Crippen LogP contribution in [0.3, 0.4) is 0 Å². The summed E-state index contributed by atoms with van der Waals surface area (Å²) in [6, 6.07) is 9.71. The van der Waals surface area contributed by atoms with Crippen molar-refractivity contribution in [3.05, 3.63) is 47.5 Å². The smallest absolute Gasteiger partial charge is 0.243 e. The summed E-state index contributed by atoms with van der Waals surface area (Å²) in [6.07, 6.45) is 0. The predicted molar refractivity (Wildman–Crippen MR) is 123 cm³/mol. The topological polar surface area (TPSA) is 94.2 Å². The molecular weight excluding hydrogens is 432 g/mol. The van der Waals surface area contributed by atoms with Gasteiger partial charge < -0.3 is 19.5 Å². The highest BCUT2D eigenvalue weighted by Crippen LogP contribution is 2.30. The van der Waals surface area contributed by atoms with Crippen LogP contribution in [0.15, 0.2) is 41.3 Å². The zero-order valence-electron chi connectivity index (χ0n) is 19.5. The van der Waals surface area contributed by atoms with Crippen LogP contribution in [0.5, 0.6) is 17.2 Å². The lowest BCUT2D eigenvalue weighted by Gasteiger charge is -2.22. The van der Waals surface area contributed by atoms with E-state index in [1.165, 1.54) is 13.2 Å². The zero-order valence-corrected chi connectivity index (χ0v) is 20.3. The summed E-state index contributed by atoms with van der Waals surface area (Å²) in [5.74, 6) is 1.37. The molecule has 1 amide bonds. The van der Waals surface area contributed by atoms with Crippen molar-refractivity contribution in [3.63, 3.8) is 0 Å². The molecule has 0 radical (unpaired) electrons. The molecule has 0 heterocycles. The van der Waals surface area contributed by atoms with Crippen molar-refractivity contribution in [1.29, 1.82) is 0 Å². The number of amides is 1. The van der Waals surface area contributed by atoms with Crippen molar-refractivity contribution in [1.82, 2.24) is 9.62 Å². The van der Waals surface area contributed by atoms with E-state index in [0.29, 0.717) is 23.9 Å². The fourth-order valence-corrected chi connectivity index (χ4v) is 4.76. The van der Waals surface area contributed by atoms with Gasteiger partial charge in [0.05, 0.1) is 38.3 Å². The highest BCUT2D eigenvalue weighted by molar-refractivity contribution is 7.89. The van der Waals surface area contributed by atoms with Crippen molar-refractivity contribution in [3.8, 4) is 17.2 Å². The monoisotopic (exact) mass is 464 g/mol. The van der Waals surface area contributed by atoms with Crippen LogP contribution in [0.1, 0.15) is 37.9 Å². The van der Waals surface area contributed by atoms with E-state index >= 15 is 0 Å². The molecule has 0 fully saturated rings. The van der Waals surface area contributed by atoms with Gasteiger partial charge in [0.1, 0.15) is 5.75 Å². The fraction of sp³-hybridized carbons (Fsp3) is 0.435. The van der Waals surface area contributed by atoms with E-state index in [2.05, 4.69) is 5.32 Å². The Balaban J connectivity index is 2.14. The Hall–Kier alpha value is -2.78. The van der Waals surface area contributed by atoms with E-state index in [9.17, 15) is 13.2 Å². The molecule has 176 valence electrons. The minimum absolute atomic E-state index is 0.126. The van der Waals surface area contributed by atoms with Crippen LogP contribution >= 0.6 is 0 Å². The molecule has 0 aromatic heterocycles. The van der Waals surface area contributed by atoms with Gasteiger partial charge >= 0.3 is 0 Å². The number of sulfonamides is 1. The fourth-order valence-electron chi connectivity index (χ4n) is 3.27. The Bertz CT molecular complexity index is 1040. The SMILES string of the molecule is CCOc1ccc(S(=O)(=O)N(CC)CC(=O)NC(C)c2ccc(OC)c(OC)c2)cc1C. The Labute approximate surface area is 190 Å². The molecule has 0 saturated heterocycles. The largest absolute Gasteiger partial charge is 0.494 e. The normalized spacial score (nSPS) is 12.3. The van der Waals surface area contributed by atoms with Crippen LogP contribution in [0.2, 0.25) is 0 Å². The summed E-state index contributed by atoms with van der Waals surface area (Å²) in [5.41, 5.74) is 1.53. The van der Waals surface area contributed by atoms with Crippen LogP contribution < -0.4 is 19.5 Å². The first-order chi connectivity index (χ1) is 15.2. The van der Waals surface area contributed by atoms with Crippen molar-refractivity contribution in [2.24, 2.45) is 0 Å². The van der Waals surface area contributed by atoms with E-state index in [4.69, 9.17) is 14.2 Å². The first-order valence-corrected chi connectivity index (χ1v) is 11.9. The van der Waals surface area contributed by atoms with Crippen LogP contribution in [-0.2, 0) is 14.8 Å². The van der Waals surface area contributed by atoms with E-state index in [1.54, 1.807) is 45.2 Å². The molecule has 32 heavy (non-hydrogen) atoms. The molecule has 1 N–H and O–H groups in total. The van der Waals surface area contributed by atoms with E-state index in [0.717, 1.165) is 15.4 Å². The summed E-state index contributed by atoms with van der Waals surface area (Å²) in [7, 11) is -0.751. The lowest BCUT2D eigenvalue weighted by molar-refractivity contribution is -0.121. The molecule has 0 aliphatic carbocycles. The van der Waals surface area contributed by atoms with Crippen molar-refractivity contribution in [2.75, 3.05) is 33.9 Å². The molecule has 0 aliphatic rings. The van der Waals surface area contributed by atoms with Gasteiger partial charge in [0.2, 0.25) is 15.9 Å². The number of hydrogen-bond donors (Lipinski definition) is 1. The average Bonchev–Trinajstić information content (AvgIpc) is 2.78. The number of likely N-dealkylation sites (N-methyl/N-ethyl adjacent to an activating group) is 1. The van der Waals surface area contributed by atoms with Crippen molar-refractivity contribution in [2.45, 2.75) is 38.6 Å². The van der Waals surface area contributed by atoms with E-state index in [1.807, 2.05) is 19.9 Å². The number of methoxy groups -OCH3 is 2. The number of benzene rings is 2. The number of aryl methyl sites for hydroxylation is 1. The molecule has 0 spiro atoms. The standard InChI is InChI=1S/C23H32N2O6S/c1-7-25(32(27,28)19-10-12-20(31-8-2)16(3)13-19)15-23(26)24-17(4)18-9-11-21(29-5)22(14-18)30-6/h9-14,17H,7-8,15H2,1-6H3,(H,24,26). The molecular formula is C23H32N2O6S. The number of ether oxygens (including phenoxy) is 3. The third-order valence-electron chi connectivity index (χ3n) is 5.04. The van der Waals surface area contributed by atoms with E-state index in [-0.39, 0.29) is 24.0 Å². The Kier molecular flexibility index (Phi) is 8.91. The van der Waals surface area contributed by atoms with Gasteiger partial charge in [-0.2, -0.15) is 4.31 Å². The summed E-state index contributed by atoms with van der Waals surface area (Å²) < 4.78 is 43.4. The third kappa shape index (κ3) is 5.92. The second-order valence-electron chi connectivity index (χ2n) is 7.20. The first-order valence-electron chi connectivity index (χ1n) is 10.4. The average molecular weight is 465 g/mol. The van der Waals surface area contributed by atoms with Crippen LogP contribution in [0.25, 0.3) is 0 Å². The lowest BCUT2D eigenvalue weighted by Crippen LogP contribution is -2.41. The molecule has 8 nitrogen and oxygen atoms in total. The summed E-state index contributed by atoms with van der Waals surface area (Å²) >= 11 is 0. The van der Waals surface area contributed by atoms with Gasteiger partial charge in [0.15, 0.2) is 11.5 Å². The Morgan fingerprint density at radius 3 is 2.25 bits per heavy atom. The maximum atomic E-state index is 13.1. The number of hydrogen-bond acceptors (Lipinski definition) is 6. The molecule has 1 atom stereocenters. The molecule has 1 unspecified atom stereocenters. The van der Waals surface area contributed by atoms with Gasteiger partial charge in [-0.15, -0.1) is 0 Å². The number of rotatable bonds is 11. The number of nitrogens with one attached hydrogen (secondary N) is 1. The van der Waals surface area contributed by atoms with Gasteiger partial charge in [-0.3, -0.25) is 4.79 Å². The molecule has 2 aromatic rings. The zero-order chi connectivity index (χ0) is 23.9. The molecule has 2 aromatic carbocycles. The quantitative estimate of drug-likeness (QED) is 0.548. The Morgan fingerprint density at radius 2 is 1.69 bits per heavy atom. The minimum Gasteiger partial charge on any atom is -0.494 e. The Morgan fingerprint density at radius 1 is 1.03 bits per heavy atom. The molecule has 9 heteroatoms. The van der Waals surface area contributed by atoms with Gasteiger partial charge in [-0.25, -0.2) is 8.42 Å². The number of nitrogens with zero attached hydrogens (tertiary/aromatic N) is 1. The highest BCUT2D eigenvalue weighted by Gasteiger charge is 2.26. The third-order valence-corrected chi connectivity index (χ3v) is 6.96. The van der Waals surface area contributed by atoms with Crippen LogP contribution in [-0.4, -0.2) is 52.5 Å². The second kappa shape index (κ2) is 11.2. The number of carbonyl (C=O) groups excluding carboxylic acids is 1. The van der Waals surface area contributed by atoms with E-state index < -0.39 is 15.9 Å². The van der Waals surface area contributed by atoms with Gasteiger partial charge in [-0.1, -0.05) is 13.0 Å². The van der Waals surface area contributed by atoms with Crippen molar-refractivity contribution < 1.29 is 27.4 Å². The van der Waals surface area contributed by atoms with Gasteiger partial charge in [-0.05, 0) is 62.2 Å². The summed E-state index contributed by atoms with van der Waals surface area (Å²) in [6.45, 7) is 7.54. The second-order valence-corrected chi connectivity index (χ2v) is 9.13. The summed E-state index contributed by atoms with van der Waals surface area (Å²) in [4.78, 5) is 12.8. The molecule has 2 rings (SSSR count). The highest BCUT2D eigenvalue weighted by atomic mass is 32.2. The lowest BCUT2D eigenvalue weighted by atomic mass is 10.1. The molecule has 0 saturated carbocycles. The van der Waals surface area contributed by atoms with Gasteiger partial charge in [0.25, 0.3) is 0 Å². The number of carbonyl (C=O) groups is 1. The first kappa shape index (κ1) is 25.5. The van der Waals surface area contributed by atoms with Crippen molar-refractivity contribution >= 4 is 15.9 Å². The molecule has 0 bridgehead atoms. The maximum absolute atomic E-state index is 13.1. The molecule has 0 aliphatic heterocycles. The minimum atomic E-state index is -3.84. The maximum Gasteiger partial charge on any atom is 0.243 e.